The minimum absolute atomic E-state index is 0.0957. The van der Waals surface area contributed by atoms with Crippen LogP contribution in [0.3, 0.4) is 0 Å². The molecule has 0 spiro atoms. The van der Waals surface area contributed by atoms with Crippen LogP contribution >= 0.6 is 0 Å². The quantitative estimate of drug-likeness (QED) is 0.760. The van der Waals surface area contributed by atoms with Crippen molar-refractivity contribution in [3.05, 3.63) is 28.0 Å². The molecule has 114 valence electrons. The molecule has 2 heterocycles. The van der Waals surface area contributed by atoms with E-state index < -0.39 is 11.5 Å². The summed E-state index contributed by atoms with van der Waals surface area (Å²) in [5.41, 5.74) is -0.382. The highest BCUT2D eigenvalue weighted by atomic mass is 16.4. The molecule has 2 rings (SSSR count). The summed E-state index contributed by atoms with van der Waals surface area (Å²) < 4.78 is 0. The number of nitrogens with zero attached hydrogens (tertiary/aromatic N) is 1. The second-order valence-electron chi connectivity index (χ2n) is 5.31. The lowest BCUT2D eigenvalue weighted by molar-refractivity contribution is -0.137. The van der Waals surface area contributed by atoms with Crippen LogP contribution in [0.25, 0.3) is 0 Å². The molecule has 0 saturated carbocycles. The van der Waals surface area contributed by atoms with E-state index in [1.165, 1.54) is 6.07 Å². The van der Waals surface area contributed by atoms with Crippen LogP contribution in [0.2, 0.25) is 0 Å². The van der Waals surface area contributed by atoms with E-state index in [1.54, 1.807) is 4.90 Å². The maximum absolute atomic E-state index is 12.3. The third kappa shape index (κ3) is 4.08. The molecule has 1 atom stereocenters. The van der Waals surface area contributed by atoms with Gasteiger partial charge in [-0.3, -0.25) is 19.4 Å². The Morgan fingerprint density at radius 1 is 1.38 bits per heavy atom. The average molecular weight is 294 g/mol. The molecule has 0 aliphatic carbocycles. The van der Waals surface area contributed by atoms with Gasteiger partial charge >= 0.3 is 5.97 Å². The Balaban J connectivity index is 2.04. The van der Waals surface area contributed by atoms with Crippen molar-refractivity contribution in [2.75, 3.05) is 13.1 Å². The van der Waals surface area contributed by atoms with Gasteiger partial charge in [-0.1, -0.05) is 0 Å². The monoisotopic (exact) mass is 294 g/mol. The van der Waals surface area contributed by atoms with Crippen LogP contribution in [0.1, 0.15) is 36.0 Å². The molecule has 3 N–H and O–H groups in total. The molecule has 1 aromatic rings. The first-order valence-corrected chi connectivity index (χ1v) is 6.90. The second kappa shape index (κ2) is 6.43. The molecular formula is C14H18N2O5. The predicted octanol–water partition coefficient (Wildman–Crippen LogP) is 0.797. The van der Waals surface area contributed by atoms with Gasteiger partial charge in [0.05, 0.1) is 5.56 Å². The largest absolute Gasteiger partial charge is 0.494 e. The van der Waals surface area contributed by atoms with Crippen molar-refractivity contribution in [1.29, 1.82) is 0 Å². The van der Waals surface area contributed by atoms with Crippen molar-refractivity contribution in [1.82, 2.24) is 9.88 Å². The van der Waals surface area contributed by atoms with Crippen molar-refractivity contribution in [3.8, 4) is 5.88 Å². The number of amides is 1. The number of aliphatic carboxylic acids is 1. The van der Waals surface area contributed by atoms with Crippen molar-refractivity contribution < 1.29 is 19.8 Å². The normalized spacial score (nSPS) is 18.5. The molecule has 7 nitrogen and oxygen atoms in total. The lowest BCUT2D eigenvalue weighted by atomic mass is 9.93. The average Bonchev–Trinajstić information content (AvgIpc) is 2.43. The number of hydrogen-bond donors (Lipinski definition) is 3. The molecule has 0 radical (unpaired) electrons. The molecule has 1 amide bonds. The first-order chi connectivity index (χ1) is 9.95. The number of carbonyl (C=O) groups is 2. The fourth-order valence-corrected chi connectivity index (χ4v) is 2.65. The van der Waals surface area contributed by atoms with Gasteiger partial charge in [0.1, 0.15) is 0 Å². The van der Waals surface area contributed by atoms with Crippen LogP contribution < -0.4 is 5.56 Å². The minimum atomic E-state index is -0.835. The number of carbonyl (C=O) groups excluding carboxylic acids is 1. The number of pyridine rings is 1. The van der Waals surface area contributed by atoms with Crippen LogP contribution in [0, 0.1) is 5.92 Å². The minimum Gasteiger partial charge on any atom is -0.494 e. The molecule has 21 heavy (non-hydrogen) atoms. The Hall–Kier alpha value is -2.31. The Morgan fingerprint density at radius 3 is 2.81 bits per heavy atom. The van der Waals surface area contributed by atoms with Gasteiger partial charge in [-0.15, -0.1) is 0 Å². The van der Waals surface area contributed by atoms with Crippen LogP contribution in [0.5, 0.6) is 5.88 Å². The Labute approximate surface area is 121 Å². The van der Waals surface area contributed by atoms with Gasteiger partial charge < -0.3 is 15.1 Å². The van der Waals surface area contributed by atoms with Gasteiger partial charge in [0.15, 0.2) is 5.88 Å². The topological polar surface area (TPSA) is 111 Å². The highest BCUT2D eigenvalue weighted by Crippen LogP contribution is 2.22. The van der Waals surface area contributed by atoms with E-state index in [0.717, 1.165) is 18.9 Å². The molecule has 1 fully saturated rings. The first kappa shape index (κ1) is 15.1. The number of aromatic nitrogens is 1. The van der Waals surface area contributed by atoms with E-state index in [0.29, 0.717) is 19.5 Å². The number of piperidine rings is 1. The number of rotatable bonds is 4. The number of aromatic hydroxyl groups is 1. The summed E-state index contributed by atoms with van der Waals surface area (Å²) in [5, 5.41) is 18.1. The summed E-state index contributed by atoms with van der Waals surface area (Å²) in [4.78, 5) is 38.0. The Kier molecular flexibility index (Phi) is 4.62. The van der Waals surface area contributed by atoms with E-state index in [4.69, 9.17) is 5.11 Å². The molecule has 1 aromatic heterocycles. The summed E-state index contributed by atoms with van der Waals surface area (Å²) >= 11 is 0. The number of carboxylic acids is 1. The summed E-state index contributed by atoms with van der Waals surface area (Å²) in [5.74, 6) is -1.32. The summed E-state index contributed by atoms with van der Waals surface area (Å²) in [6.07, 6.45) is 2.35. The summed E-state index contributed by atoms with van der Waals surface area (Å²) in [7, 11) is 0. The highest BCUT2D eigenvalue weighted by Gasteiger charge is 2.25. The van der Waals surface area contributed by atoms with Crippen LogP contribution in [-0.2, 0) is 4.79 Å². The van der Waals surface area contributed by atoms with E-state index in [1.807, 2.05) is 0 Å². The Morgan fingerprint density at radius 2 is 2.14 bits per heavy atom. The molecule has 1 aliphatic heterocycles. The van der Waals surface area contributed by atoms with E-state index in [9.17, 15) is 19.5 Å². The maximum Gasteiger partial charge on any atom is 0.303 e. The highest BCUT2D eigenvalue weighted by molar-refractivity contribution is 5.94. The lowest BCUT2D eigenvalue weighted by Crippen LogP contribution is -2.40. The van der Waals surface area contributed by atoms with Gasteiger partial charge in [0.25, 0.3) is 11.5 Å². The van der Waals surface area contributed by atoms with Crippen molar-refractivity contribution in [2.45, 2.75) is 25.7 Å². The van der Waals surface area contributed by atoms with Crippen molar-refractivity contribution in [2.24, 2.45) is 5.92 Å². The molecule has 0 bridgehead atoms. The standard InChI is InChI=1S/C14H18N2O5/c17-11-6-10(7-12(18)15-11)14(21)16-5-1-2-9(8-16)3-4-13(19)20/h6-7,9H,1-5,8H2,(H,19,20)(H2,15,17,18). The fourth-order valence-electron chi connectivity index (χ4n) is 2.65. The predicted molar refractivity (Wildman–Crippen MR) is 74.2 cm³/mol. The molecular weight excluding hydrogens is 276 g/mol. The van der Waals surface area contributed by atoms with Gasteiger partial charge in [-0.05, 0) is 25.2 Å². The molecule has 1 unspecified atom stereocenters. The molecule has 0 aromatic carbocycles. The second-order valence-corrected chi connectivity index (χ2v) is 5.31. The maximum atomic E-state index is 12.3. The van der Waals surface area contributed by atoms with Crippen LogP contribution in [0.15, 0.2) is 16.9 Å². The fraction of sp³-hybridized carbons (Fsp3) is 0.500. The number of likely N-dealkylation sites (tertiary alicyclic amines) is 1. The molecule has 1 saturated heterocycles. The van der Waals surface area contributed by atoms with Crippen molar-refractivity contribution in [3.63, 3.8) is 0 Å². The first-order valence-electron chi connectivity index (χ1n) is 6.90. The summed E-state index contributed by atoms with van der Waals surface area (Å²) in [6, 6.07) is 2.38. The third-order valence-corrected chi connectivity index (χ3v) is 3.65. The van der Waals surface area contributed by atoms with Gasteiger partial charge in [-0.2, -0.15) is 0 Å². The zero-order valence-electron chi connectivity index (χ0n) is 11.5. The van der Waals surface area contributed by atoms with E-state index >= 15 is 0 Å². The lowest BCUT2D eigenvalue weighted by Gasteiger charge is -2.32. The van der Waals surface area contributed by atoms with E-state index in [2.05, 4.69) is 4.98 Å². The van der Waals surface area contributed by atoms with Crippen LogP contribution in [0.4, 0.5) is 0 Å². The number of H-pyrrole nitrogens is 1. The SMILES string of the molecule is O=C(O)CCC1CCCN(C(=O)c2cc(O)[nH]c(=O)c2)C1. The van der Waals surface area contributed by atoms with Crippen LogP contribution in [-0.4, -0.2) is 45.1 Å². The van der Waals surface area contributed by atoms with Gasteiger partial charge in [0, 0.05) is 31.6 Å². The van der Waals surface area contributed by atoms with Crippen molar-refractivity contribution >= 4 is 11.9 Å². The summed E-state index contributed by atoms with van der Waals surface area (Å²) in [6.45, 7) is 1.07. The van der Waals surface area contributed by atoms with E-state index in [-0.39, 0.29) is 29.7 Å². The Bertz CT molecular complexity index is 595. The number of carboxylic acid groups (broad SMARTS) is 1. The zero-order valence-corrected chi connectivity index (χ0v) is 11.5. The zero-order chi connectivity index (χ0) is 15.4. The number of nitrogens with one attached hydrogen (secondary N) is 1. The third-order valence-electron chi connectivity index (χ3n) is 3.65. The van der Waals surface area contributed by atoms with Gasteiger partial charge in [0.2, 0.25) is 0 Å². The molecule has 1 aliphatic rings. The number of hydrogen-bond acceptors (Lipinski definition) is 4. The number of aromatic amines is 1. The smallest absolute Gasteiger partial charge is 0.303 e. The molecule has 7 heteroatoms. The van der Waals surface area contributed by atoms with Gasteiger partial charge in [-0.25, -0.2) is 0 Å².